The minimum atomic E-state index is 0.274. The average molecular weight is 382 g/mol. The molecule has 0 saturated carbocycles. The molecule has 0 aliphatic carbocycles. The highest BCUT2D eigenvalue weighted by Crippen LogP contribution is 2.31. The molecule has 150 valence electrons. The molecule has 3 heterocycles. The van der Waals surface area contributed by atoms with Crippen molar-refractivity contribution in [2.75, 3.05) is 57.8 Å². The van der Waals surface area contributed by atoms with Gasteiger partial charge in [0.2, 0.25) is 0 Å². The molecule has 3 saturated heterocycles. The van der Waals surface area contributed by atoms with Crippen LogP contribution in [-0.2, 0) is 0 Å². The largest absolute Gasteiger partial charge is 0.357 e. The Kier molecular flexibility index (Phi) is 7.94. The Hall–Kier alpha value is -0.460. The molecule has 0 radical (unpaired) electrons. The molecule has 5 nitrogen and oxygen atoms in total. The van der Waals surface area contributed by atoms with Crippen LogP contribution in [0.1, 0.15) is 51.9 Å². The number of guanidine groups is 1. The number of rotatable bonds is 5. The molecule has 0 aromatic rings. The summed E-state index contributed by atoms with van der Waals surface area (Å²) >= 11 is 2.07. The van der Waals surface area contributed by atoms with Gasteiger partial charge in [0.25, 0.3) is 0 Å². The summed E-state index contributed by atoms with van der Waals surface area (Å²) < 4.78 is 0. The summed E-state index contributed by atoms with van der Waals surface area (Å²) in [5.41, 5.74) is 0.274. The van der Waals surface area contributed by atoms with Crippen LogP contribution in [0.25, 0.3) is 0 Å². The zero-order valence-electron chi connectivity index (χ0n) is 16.9. The van der Waals surface area contributed by atoms with E-state index in [2.05, 4.69) is 46.2 Å². The Morgan fingerprint density at radius 2 is 1.88 bits per heavy atom. The van der Waals surface area contributed by atoms with Crippen molar-refractivity contribution < 1.29 is 0 Å². The number of nitrogens with zero attached hydrogens (tertiary/aromatic N) is 3. The maximum Gasteiger partial charge on any atom is 0.191 e. The van der Waals surface area contributed by atoms with Crippen LogP contribution in [0.5, 0.6) is 0 Å². The van der Waals surface area contributed by atoms with E-state index in [1.165, 1.54) is 82.6 Å². The lowest BCUT2D eigenvalue weighted by Gasteiger charge is -2.49. The molecule has 0 bridgehead atoms. The molecule has 0 aromatic heterocycles. The first-order valence-electron chi connectivity index (χ1n) is 10.8. The lowest BCUT2D eigenvalue weighted by atomic mass is 9.84. The quantitative estimate of drug-likeness (QED) is 0.565. The molecule has 0 amide bonds. The van der Waals surface area contributed by atoms with E-state index < -0.39 is 0 Å². The fourth-order valence-electron chi connectivity index (χ4n) is 4.57. The predicted molar refractivity (Wildman–Crippen MR) is 114 cm³/mol. The number of hydrogen-bond acceptors (Lipinski definition) is 4. The van der Waals surface area contributed by atoms with Crippen molar-refractivity contribution >= 4 is 17.7 Å². The van der Waals surface area contributed by atoms with Gasteiger partial charge in [-0.3, -0.25) is 9.89 Å². The molecular formula is C20H39N5S. The van der Waals surface area contributed by atoms with E-state index in [4.69, 9.17) is 4.99 Å². The number of thioether (sulfide) groups is 1. The van der Waals surface area contributed by atoms with Crippen LogP contribution in [0, 0.1) is 0 Å². The van der Waals surface area contributed by atoms with E-state index >= 15 is 0 Å². The minimum absolute atomic E-state index is 0.274. The van der Waals surface area contributed by atoms with Crippen LogP contribution in [0.4, 0.5) is 0 Å². The molecule has 0 aromatic carbocycles. The lowest BCUT2D eigenvalue weighted by Crippen LogP contribution is -2.58. The molecule has 1 unspecified atom stereocenters. The van der Waals surface area contributed by atoms with E-state index in [1.807, 2.05) is 0 Å². The fraction of sp³-hybridized carbons (Fsp3) is 0.950. The van der Waals surface area contributed by atoms with Crippen molar-refractivity contribution in [3.8, 4) is 0 Å². The van der Waals surface area contributed by atoms with Gasteiger partial charge >= 0.3 is 0 Å². The molecule has 3 fully saturated rings. The average Bonchev–Trinajstić information content (AvgIpc) is 2.69. The van der Waals surface area contributed by atoms with Crippen LogP contribution < -0.4 is 10.6 Å². The Morgan fingerprint density at radius 1 is 1.12 bits per heavy atom. The zero-order valence-corrected chi connectivity index (χ0v) is 17.8. The molecule has 26 heavy (non-hydrogen) atoms. The fourth-order valence-corrected chi connectivity index (χ4v) is 5.64. The van der Waals surface area contributed by atoms with Gasteiger partial charge in [0, 0.05) is 23.9 Å². The Morgan fingerprint density at radius 3 is 2.54 bits per heavy atom. The van der Waals surface area contributed by atoms with E-state index in [9.17, 15) is 0 Å². The Bertz CT molecular complexity index is 435. The maximum absolute atomic E-state index is 5.13. The first kappa shape index (κ1) is 20.3. The first-order chi connectivity index (χ1) is 12.7. The zero-order chi connectivity index (χ0) is 18.2. The summed E-state index contributed by atoms with van der Waals surface area (Å²) in [6.07, 6.45) is 9.24. The summed E-state index contributed by atoms with van der Waals surface area (Å²) in [5, 5.41) is 7.21. The molecule has 3 aliphatic heterocycles. The van der Waals surface area contributed by atoms with Crippen LogP contribution in [-0.4, -0.2) is 85.2 Å². The molecular weight excluding hydrogens is 342 g/mol. The molecule has 3 rings (SSSR count). The smallest absolute Gasteiger partial charge is 0.191 e. The second kappa shape index (κ2) is 10.2. The summed E-state index contributed by atoms with van der Waals surface area (Å²) in [4.78, 5) is 10.4. The van der Waals surface area contributed by atoms with Gasteiger partial charge in [0.05, 0.1) is 6.54 Å². The van der Waals surface area contributed by atoms with Crippen molar-refractivity contribution in [2.45, 2.75) is 63.5 Å². The summed E-state index contributed by atoms with van der Waals surface area (Å²) in [6, 6.07) is 0.579. The van der Waals surface area contributed by atoms with Crippen molar-refractivity contribution in [1.29, 1.82) is 0 Å². The first-order valence-corrected chi connectivity index (χ1v) is 11.9. The van der Waals surface area contributed by atoms with Gasteiger partial charge in [-0.1, -0.05) is 6.42 Å². The van der Waals surface area contributed by atoms with Gasteiger partial charge < -0.3 is 15.5 Å². The molecule has 1 atom stereocenters. The second-order valence-electron chi connectivity index (χ2n) is 8.33. The standard InChI is InChI=1S/C20H39N5S/c1-3-21-19(23-18-8-7-15-26-16-18)22-17-20(9-13-24(2)14-10-20)25-11-5-4-6-12-25/h18H,3-17H2,1-2H3,(H2,21,22,23). The number of piperidine rings is 2. The second-order valence-corrected chi connectivity index (χ2v) is 9.48. The number of nitrogens with one attached hydrogen (secondary N) is 2. The molecule has 6 heteroatoms. The van der Waals surface area contributed by atoms with E-state index in [0.717, 1.165) is 19.0 Å². The highest BCUT2D eigenvalue weighted by Gasteiger charge is 2.39. The molecule has 0 spiro atoms. The minimum Gasteiger partial charge on any atom is -0.357 e. The van der Waals surface area contributed by atoms with Gasteiger partial charge in [-0.2, -0.15) is 11.8 Å². The van der Waals surface area contributed by atoms with Gasteiger partial charge in [-0.05, 0) is 84.4 Å². The third-order valence-electron chi connectivity index (χ3n) is 6.32. The third-order valence-corrected chi connectivity index (χ3v) is 7.54. The summed E-state index contributed by atoms with van der Waals surface area (Å²) in [5.74, 6) is 3.57. The normalized spacial score (nSPS) is 28.7. The van der Waals surface area contributed by atoms with E-state index in [-0.39, 0.29) is 5.54 Å². The van der Waals surface area contributed by atoms with Gasteiger partial charge in [-0.15, -0.1) is 0 Å². The van der Waals surface area contributed by atoms with Gasteiger partial charge in [0.15, 0.2) is 5.96 Å². The van der Waals surface area contributed by atoms with Crippen molar-refractivity contribution in [3.05, 3.63) is 0 Å². The van der Waals surface area contributed by atoms with Crippen molar-refractivity contribution in [3.63, 3.8) is 0 Å². The van der Waals surface area contributed by atoms with Crippen molar-refractivity contribution in [2.24, 2.45) is 4.99 Å². The molecule has 3 aliphatic rings. The highest BCUT2D eigenvalue weighted by atomic mass is 32.2. The van der Waals surface area contributed by atoms with Crippen LogP contribution in [0.3, 0.4) is 0 Å². The van der Waals surface area contributed by atoms with Gasteiger partial charge in [0.1, 0.15) is 0 Å². The number of hydrogen-bond donors (Lipinski definition) is 2. The Balaban J connectivity index is 1.67. The SMILES string of the molecule is CCNC(=NCC1(N2CCCCC2)CCN(C)CC1)NC1CCCSC1. The van der Waals surface area contributed by atoms with Gasteiger partial charge in [-0.25, -0.2) is 0 Å². The summed E-state index contributed by atoms with van der Waals surface area (Å²) in [7, 11) is 2.26. The lowest BCUT2D eigenvalue weighted by molar-refractivity contribution is 0.0208. The number of aliphatic imine (C=N–C) groups is 1. The topological polar surface area (TPSA) is 42.9 Å². The van der Waals surface area contributed by atoms with Crippen molar-refractivity contribution in [1.82, 2.24) is 20.4 Å². The van der Waals surface area contributed by atoms with Crippen LogP contribution in [0.15, 0.2) is 4.99 Å². The number of likely N-dealkylation sites (tertiary alicyclic amines) is 2. The maximum atomic E-state index is 5.13. The summed E-state index contributed by atoms with van der Waals surface area (Å²) in [6.45, 7) is 8.99. The van der Waals surface area contributed by atoms with Crippen LogP contribution in [0.2, 0.25) is 0 Å². The third kappa shape index (κ3) is 5.52. The monoisotopic (exact) mass is 381 g/mol. The predicted octanol–water partition coefficient (Wildman–Crippen LogP) is 2.39. The van der Waals surface area contributed by atoms with E-state index in [1.54, 1.807) is 0 Å². The van der Waals surface area contributed by atoms with E-state index in [0.29, 0.717) is 6.04 Å². The van der Waals surface area contributed by atoms with Crippen LogP contribution >= 0.6 is 11.8 Å². The molecule has 2 N–H and O–H groups in total. The highest BCUT2D eigenvalue weighted by molar-refractivity contribution is 7.99. The Labute approximate surface area is 164 Å².